The minimum absolute atomic E-state index is 0.0737. The van der Waals surface area contributed by atoms with Crippen LogP contribution >= 0.6 is 12.6 Å². The first-order valence-corrected chi connectivity index (χ1v) is 7.60. The molecule has 0 spiro atoms. The van der Waals surface area contributed by atoms with E-state index < -0.39 is 0 Å². The number of rotatable bonds is 13. The molecule has 0 aromatic rings. The highest BCUT2D eigenvalue weighted by molar-refractivity contribution is 7.81. The molecule has 1 atom stereocenters. The molecule has 0 aromatic carbocycles. The molecular formula is C13H28N2O3S. The van der Waals surface area contributed by atoms with E-state index in [1.54, 1.807) is 0 Å². The van der Waals surface area contributed by atoms with Gasteiger partial charge in [-0.3, -0.25) is 4.79 Å². The Morgan fingerprint density at radius 3 is 2.37 bits per heavy atom. The van der Waals surface area contributed by atoms with Crippen LogP contribution in [0.2, 0.25) is 0 Å². The van der Waals surface area contributed by atoms with E-state index in [9.17, 15) is 4.79 Å². The molecule has 0 fully saturated rings. The topological polar surface area (TPSA) is 59.6 Å². The average molecular weight is 292 g/mol. The highest BCUT2D eigenvalue weighted by atomic mass is 32.1. The van der Waals surface area contributed by atoms with Gasteiger partial charge in [0.15, 0.2) is 0 Å². The van der Waals surface area contributed by atoms with Gasteiger partial charge in [0.25, 0.3) is 0 Å². The number of carbonyl (C=O) groups excluding carboxylic acids is 1. The predicted octanol–water partition coefficient (Wildman–Crippen LogP) is 0.844. The van der Waals surface area contributed by atoms with Gasteiger partial charge in [-0.1, -0.05) is 13.3 Å². The number of hydrogen-bond donors (Lipinski definition) is 3. The Morgan fingerprint density at radius 1 is 1.16 bits per heavy atom. The van der Waals surface area contributed by atoms with Gasteiger partial charge in [0.1, 0.15) is 0 Å². The van der Waals surface area contributed by atoms with E-state index in [-0.39, 0.29) is 11.7 Å². The van der Waals surface area contributed by atoms with Gasteiger partial charge in [-0.2, -0.15) is 12.6 Å². The molecule has 2 N–H and O–H groups in total. The maximum Gasteiger partial charge on any atom is 0.229 e. The molecule has 0 saturated carbocycles. The Labute approximate surface area is 122 Å². The van der Waals surface area contributed by atoms with Crippen molar-refractivity contribution < 1.29 is 14.3 Å². The SMILES string of the molecule is CCCC(C)NCCOCCOCCNC(=O)CS. The minimum Gasteiger partial charge on any atom is -0.378 e. The van der Waals surface area contributed by atoms with Crippen LogP contribution in [0.15, 0.2) is 0 Å². The smallest absolute Gasteiger partial charge is 0.229 e. The van der Waals surface area contributed by atoms with E-state index in [0.717, 1.165) is 6.54 Å². The first kappa shape index (κ1) is 18.7. The molecule has 0 aromatic heterocycles. The molecule has 1 unspecified atom stereocenters. The second kappa shape index (κ2) is 14.1. The second-order valence-corrected chi connectivity index (χ2v) is 4.69. The molecule has 6 heteroatoms. The minimum atomic E-state index is -0.0737. The van der Waals surface area contributed by atoms with Crippen molar-refractivity contribution in [3.8, 4) is 0 Å². The monoisotopic (exact) mass is 292 g/mol. The summed E-state index contributed by atoms with van der Waals surface area (Å²) >= 11 is 3.86. The second-order valence-electron chi connectivity index (χ2n) is 4.38. The first-order chi connectivity index (χ1) is 9.20. The van der Waals surface area contributed by atoms with Crippen LogP contribution < -0.4 is 10.6 Å². The highest BCUT2D eigenvalue weighted by Gasteiger charge is 1.98. The summed E-state index contributed by atoms with van der Waals surface area (Å²) in [5.41, 5.74) is 0. The van der Waals surface area contributed by atoms with Crippen LogP contribution in [0.25, 0.3) is 0 Å². The van der Waals surface area contributed by atoms with Gasteiger partial charge in [0.05, 0.1) is 32.2 Å². The molecule has 0 radical (unpaired) electrons. The molecule has 0 aliphatic carbocycles. The molecule has 0 bridgehead atoms. The Kier molecular flexibility index (Phi) is 13.9. The van der Waals surface area contributed by atoms with Crippen molar-refractivity contribution >= 4 is 18.5 Å². The number of hydrogen-bond acceptors (Lipinski definition) is 5. The lowest BCUT2D eigenvalue weighted by molar-refractivity contribution is -0.118. The Morgan fingerprint density at radius 2 is 1.79 bits per heavy atom. The number of carbonyl (C=O) groups is 1. The van der Waals surface area contributed by atoms with Crippen LogP contribution in [0, 0.1) is 0 Å². The molecule has 114 valence electrons. The van der Waals surface area contributed by atoms with Crippen LogP contribution in [0.1, 0.15) is 26.7 Å². The zero-order chi connectivity index (χ0) is 14.3. The van der Waals surface area contributed by atoms with Crippen LogP contribution in [0.5, 0.6) is 0 Å². The highest BCUT2D eigenvalue weighted by Crippen LogP contribution is 1.93. The van der Waals surface area contributed by atoms with Crippen LogP contribution in [-0.2, 0) is 14.3 Å². The average Bonchev–Trinajstić information content (AvgIpc) is 2.40. The van der Waals surface area contributed by atoms with Gasteiger partial charge in [-0.15, -0.1) is 0 Å². The van der Waals surface area contributed by atoms with Gasteiger partial charge < -0.3 is 20.1 Å². The lowest BCUT2D eigenvalue weighted by atomic mass is 10.2. The van der Waals surface area contributed by atoms with Crippen molar-refractivity contribution in [2.24, 2.45) is 0 Å². The van der Waals surface area contributed by atoms with Gasteiger partial charge in [0.2, 0.25) is 5.91 Å². The summed E-state index contributed by atoms with van der Waals surface area (Å²) in [5, 5.41) is 6.07. The molecule has 5 nitrogen and oxygen atoms in total. The lowest BCUT2D eigenvalue weighted by Gasteiger charge is -2.12. The summed E-state index contributed by atoms with van der Waals surface area (Å²) < 4.78 is 10.7. The van der Waals surface area contributed by atoms with Gasteiger partial charge in [0, 0.05) is 19.1 Å². The van der Waals surface area contributed by atoms with Crippen molar-refractivity contribution in [2.75, 3.05) is 45.3 Å². The normalized spacial score (nSPS) is 12.4. The molecule has 0 rings (SSSR count). The molecule has 1 amide bonds. The summed E-state index contributed by atoms with van der Waals surface area (Å²) in [7, 11) is 0. The fourth-order valence-electron chi connectivity index (χ4n) is 1.55. The van der Waals surface area contributed by atoms with Crippen molar-refractivity contribution in [2.45, 2.75) is 32.7 Å². The van der Waals surface area contributed by atoms with E-state index in [2.05, 4.69) is 37.1 Å². The zero-order valence-electron chi connectivity index (χ0n) is 12.1. The Hall–Kier alpha value is -0.300. The van der Waals surface area contributed by atoms with Crippen molar-refractivity contribution in [1.82, 2.24) is 10.6 Å². The van der Waals surface area contributed by atoms with Crippen LogP contribution in [-0.4, -0.2) is 57.2 Å². The molecule has 19 heavy (non-hydrogen) atoms. The molecule has 0 heterocycles. The third-order valence-electron chi connectivity index (χ3n) is 2.55. The van der Waals surface area contributed by atoms with Crippen molar-refractivity contribution in [1.29, 1.82) is 0 Å². The standard InChI is InChI=1S/C13H28N2O3S/c1-3-4-12(2)14-5-7-17-9-10-18-8-6-15-13(16)11-19/h12,14,19H,3-11H2,1-2H3,(H,15,16). The number of nitrogens with one attached hydrogen (secondary N) is 2. The third-order valence-corrected chi connectivity index (χ3v) is 2.83. The van der Waals surface area contributed by atoms with Gasteiger partial charge >= 0.3 is 0 Å². The van der Waals surface area contributed by atoms with E-state index in [1.165, 1.54) is 12.8 Å². The van der Waals surface area contributed by atoms with Gasteiger partial charge in [-0.05, 0) is 13.3 Å². The van der Waals surface area contributed by atoms with Crippen LogP contribution in [0.3, 0.4) is 0 Å². The van der Waals surface area contributed by atoms with Crippen molar-refractivity contribution in [3.63, 3.8) is 0 Å². The molecule has 0 saturated heterocycles. The van der Waals surface area contributed by atoms with E-state index in [0.29, 0.717) is 39.0 Å². The summed E-state index contributed by atoms with van der Waals surface area (Å²) in [6, 6.07) is 0.556. The fourth-order valence-corrected chi connectivity index (χ4v) is 1.66. The summed E-state index contributed by atoms with van der Waals surface area (Å²) in [6.45, 7) is 8.12. The Balaban J connectivity index is 3.09. The van der Waals surface area contributed by atoms with E-state index in [4.69, 9.17) is 9.47 Å². The quantitative estimate of drug-likeness (QED) is 0.348. The molecule has 0 aliphatic heterocycles. The zero-order valence-corrected chi connectivity index (χ0v) is 13.0. The number of thiol groups is 1. The summed E-state index contributed by atoms with van der Waals surface area (Å²) in [4.78, 5) is 10.8. The maximum absolute atomic E-state index is 10.8. The first-order valence-electron chi connectivity index (χ1n) is 6.97. The Bertz CT molecular complexity index is 218. The van der Waals surface area contributed by atoms with Crippen LogP contribution in [0.4, 0.5) is 0 Å². The van der Waals surface area contributed by atoms with Crippen molar-refractivity contribution in [3.05, 3.63) is 0 Å². The molecular weight excluding hydrogens is 264 g/mol. The van der Waals surface area contributed by atoms with E-state index in [1.807, 2.05) is 0 Å². The number of amides is 1. The predicted molar refractivity (Wildman–Crippen MR) is 80.9 cm³/mol. The lowest BCUT2D eigenvalue weighted by Crippen LogP contribution is -2.30. The third kappa shape index (κ3) is 13.9. The fraction of sp³-hybridized carbons (Fsp3) is 0.923. The maximum atomic E-state index is 10.8. The summed E-state index contributed by atoms with van der Waals surface area (Å²) in [5.74, 6) is 0.141. The largest absolute Gasteiger partial charge is 0.378 e. The summed E-state index contributed by atoms with van der Waals surface area (Å²) in [6.07, 6.45) is 2.40. The number of ether oxygens (including phenoxy) is 2. The van der Waals surface area contributed by atoms with Gasteiger partial charge in [-0.25, -0.2) is 0 Å². The van der Waals surface area contributed by atoms with E-state index >= 15 is 0 Å². The molecule has 0 aliphatic rings.